The van der Waals surface area contributed by atoms with E-state index in [0.29, 0.717) is 16.3 Å². The van der Waals surface area contributed by atoms with Gasteiger partial charge < -0.3 is 15.8 Å². The van der Waals surface area contributed by atoms with E-state index in [-0.39, 0.29) is 5.56 Å². The topological polar surface area (TPSA) is 105 Å². The van der Waals surface area contributed by atoms with E-state index in [1.807, 2.05) is 6.07 Å². The minimum absolute atomic E-state index is 0.221. The highest BCUT2D eigenvalue weighted by atomic mass is 32.1. The zero-order valence-electron chi connectivity index (χ0n) is 12.6. The molecule has 0 fully saturated rings. The fourth-order valence-electron chi connectivity index (χ4n) is 1.84. The van der Waals surface area contributed by atoms with E-state index in [2.05, 4.69) is 5.32 Å². The maximum Gasteiger partial charge on any atom is 0.341 e. The highest BCUT2D eigenvalue weighted by Crippen LogP contribution is 2.23. The lowest BCUT2D eigenvalue weighted by molar-refractivity contribution is -0.123. The standard InChI is InChI=1S/C16H15N3O3S/c1-9-4-3-5-12(13(9)18)16(21)22-10(2)14(20)19-15-11(8-17)6-7-23-15/h3-7,10H,18H2,1-2H3,(H,19,20)/t10-/m1/s1. The van der Waals surface area contributed by atoms with Crippen LogP contribution in [0.3, 0.4) is 0 Å². The molecule has 118 valence electrons. The van der Waals surface area contributed by atoms with Gasteiger partial charge in [0.05, 0.1) is 11.1 Å². The Bertz CT molecular complexity index is 792. The molecule has 0 aliphatic heterocycles. The number of amides is 1. The number of nitriles is 1. The monoisotopic (exact) mass is 329 g/mol. The molecule has 1 aromatic carbocycles. The van der Waals surface area contributed by atoms with Crippen molar-refractivity contribution in [2.45, 2.75) is 20.0 Å². The molecule has 0 radical (unpaired) electrons. The van der Waals surface area contributed by atoms with E-state index in [0.717, 1.165) is 5.56 Å². The van der Waals surface area contributed by atoms with Crippen LogP contribution in [0.2, 0.25) is 0 Å². The molecule has 2 rings (SSSR count). The second-order valence-electron chi connectivity index (χ2n) is 4.85. The van der Waals surface area contributed by atoms with Crippen LogP contribution < -0.4 is 11.1 Å². The molecule has 7 heteroatoms. The number of aryl methyl sites for hydroxylation is 1. The van der Waals surface area contributed by atoms with Crippen molar-refractivity contribution in [1.82, 2.24) is 0 Å². The number of rotatable bonds is 4. The van der Waals surface area contributed by atoms with E-state index in [4.69, 9.17) is 15.7 Å². The molecule has 0 saturated carbocycles. The van der Waals surface area contributed by atoms with Crippen LogP contribution in [0.25, 0.3) is 0 Å². The molecule has 3 N–H and O–H groups in total. The van der Waals surface area contributed by atoms with Crippen LogP contribution in [0.15, 0.2) is 29.6 Å². The van der Waals surface area contributed by atoms with Crippen LogP contribution in [-0.2, 0) is 9.53 Å². The number of esters is 1. The lowest BCUT2D eigenvalue weighted by Crippen LogP contribution is -2.30. The van der Waals surface area contributed by atoms with Crippen LogP contribution in [0.5, 0.6) is 0 Å². The maximum atomic E-state index is 12.1. The Morgan fingerprint density at radius 1 is 1.39 bits per heavy atom. The van der Waals surface area contributed by atoms with Crippen molar-refractivity contribution in [1.29, 1.82) is 5.26 Å². The molecule has 0 saturated heterocycles. The van der Waals surface area contributed by atoms with Crippen LogP contribution in [0.4, 0.5) is 10.7 Å². The number of hydrogen-bond donors (Lipinski definition) is 2. The number of nitrogen functional groups attached to an aromatic ring is 1. The molecular formula is C16H15N3O3S. The van der Waals surface area contributed by atoms with E-state index >= 15 is 0 Å². The zero-order valence-corrected chi connectivity index (χ0v) is 13.4. The summed E-state index contributed by atoms with van der Waals surface area (Å²) in [7, 11) is 0. The average molecular weight is 329 g/mol. The summed E-state index contributed by atoms with van der Waals surface area (Å²) in [5.74, 6) is -1.18. The van der Waals surface area contributed by atoms with Gasteiger partial charge in [0, 0.05) is 5.69 Å². The molecular weight excluding hydrogens is 314 g/mol. The van der Waals surface area contributed by atoms with Gasteiger partial charge in [0.2, 0.25) is 0 Å². The van der Waals surface area contributed by atoms with Gasteiger partial charge in [-0.15, -0.1) is 11.3 Å². The minimum atomic E-state index is -1.02. The number of ether oxygens (including phenoxy) is 1. The minimum Gasteiger partial charge on any atom is -0.449 e. The molecule has 1 atom stereocenters. The van der Waals surface area contributed by atoms with Gasteiger partial charge in [0.25, 0.3) is 5.91 Å². The van der Waals surface area contributed by atoms with E-state index in [9.17, 15) is 9.59 Å². The number of nitrogens with zero attached hydrogens (tertiary/aromatic N) is 1. The Morgan fingerprint density at radius 2 is 2.13 bits per heavy atom. The number of anilines is 2. The summed E-state index contributed by atoms with van der Waals surface area (Å²) in [6.07, 6.45) is -1.02. The molecule has 0 aliphatic rings. The van der Waals surface area contributed by atoms with Crippen molar-refractivity contribution in [3.05, 3.63) is 46.3 Å². The molecule has 6 nitrogen and oxygen atoms in total. The number of nitrogens with two attached hydrogens (primary N) is 1. The van der Waals surface area contributed by atoms with Crippen molar-refractivity contribution in [3.8, 4) is 6.07 Å². The van der Waals surface area contributed by atoms with Crippen molar-refractivity contribution < 1.29 is 14.3 Å². The first-order valence-corrected chi connectivity index (χ1v) is 7.66. The number of thiophene rings is 1. The second-order valence-corrected chi connectivity index (χ2v) is 5.76. The summed E-state index contributed by atoms with van der Waals surface area (Å²) in [5.41, 5.74) is 7.52. The Hall–Kier alpha value is -2.85. The number of benzene rings is 1. The fourth-order valence-corrected chi connectivity index (χ4v) is 2.58. The molecule has 0 spiro atoms. The maximum absolute atomic E-state index is 12.1. The Kier molecular flexibility index (Phi) is 4.98. The summed E-state index contributed by atoms with van der Waals surface area (Å²) < 4.78 is 5.15. The zero-order chi connectivity index (χ0) is 17.0. The van der Waals surface area contributed by atoms with Gasteiger partial charge in [-0.1, -0.05) is 12.1 Å². The number of carbonyl (C=O) groups excluding carboxylic acids is 2. The third kappa shape index (κ3) is 3.67. The van der Waals surface area contributed by atoms with E-state index < -0.39 is 18.0 Å². The van der Waals surface area contributed by atoms with Gasteiger partial charge in [-0.05, 0) is 36.9 Å². The Balaban J connectivity index is 2.05. The fraction of sp³-hybridized carbons (Fsp3) is 0.188. The molecule has 0 aliphatic carbocycles. The first-order valence-electron chi connectivity index (χ1n) is 6.78. The molecule has 1 aromatic heterocycles. The smallest absolute Gasteiger partial charge is 0.341 e. The molecule has 1 heterocycles. The highest BCUT2D eigenvalue weighted by molar-refractivity contribution is 7.14. The summed E-state index contributed by atoms with van der Waals surface area (Å²) in [4.78, 5) is 24.2. The highest BCUT2D eigenvalue weighted by Gasteiger charge is 2.21. The first-order chi connectivity index (χ1) is 10.9. The van der Waals surface area contributed by atoms with Gasteiger partial charge in [0.15, 0.2) is 6.10 Å². The van der Waals surface area contributed by atoms with Crippen molar-refractivity contribution >= 4 is 33.9 Å². The number of nitrogens with one attached hydrogen (secondary N) is 1. The summed E-state index contributed by atoms with van der Waals surface area (Å²) in [5, 5.41) is 13.6. The SMILES string of the molecule is Cc1cccc(C(=O)O[C@H](C)C(=O)Nc2sccc2C#N)c1N. The number of hydrogen-bond acceptors (Lipinski definition) is 6. The molecule has 1 amide bonds. The van der Waals surface area contributed by atoms with Gasteiger partial charge in [0.1, 0.15) is 11.1 Å². The van der Waals surface area contributed by atoms with Gasteiger partial charge in [-0.3, -0.25) is 4.79 Å². The molecule has 0 unspecified atom stereocenters. The van der Waals surface area contributed by atoms with Gasteiger partial charge in [-0.2, -0.15) is 5.26 Å². The van der Waals surface area contributed by atoms with Crippen LogP contribution in [0, 0.1) is 18.3 Å². The van der Waals surface area contributed by atoms with E-state index in [1.54, 1.807) is 36.6 Å². The van der Waals surface area contributed by atoms with Gasteiger partial charge >= 0.3 is 5.97 Å². The van der Waals surface area contributed by atoms with Crippen LogP contribution >= 0.6 is 11.3 Å². The van der Waals surface area contributed by atoms with Gasteiger partial charge in [-0.25, -0.2) is 4.79 Å². The largest absolute Gasteiger partial charge is 0.449 e. The number of para-hydroxylation sites is 1. The summed E-state index contributed by atoms with van der Waals surface area (Å²) >= 11 is 1.22. The normalized spacial score (nSPS) is 11.3. The van der Waals surface area contributed by atoms with Crippen LogP contribution in [-0.4, -0.2) is 18.0 Å². The predicted molar refractivity (Wildman–Crippen MR) is 88.1 cm³/mol. The third-order valence-corrected chi connectivity index (χ3v) is 4.05. The predicted octanol–water partition coefficient (Wildman–Crippen LogP) is 2.69. The third-order valence-electron chi connectivity index (χ3n) is 3.22. The summed E-state index contributed by atoms with van der Waals surface area (Å²) in [6, 6.07) is 8.59. The summed E-state index contributed by atoms with van der Waals surface area (Å²) in [6.45, 7) is 3.24. The quantitative estimate of drug-likeness (QED) is 0.663. The van der Waals surface area contributed by atoms with Crippen LogP contribution in [0.1, 0.15) is 28.4 Å². The number of carbonyl (C=O) groups is 2. The first kappa shape index (κ1) is 16.5. The average Bonchev–Trinajstić information content (AvgIpc) is 2.96. The van der Waals surface area contributed by atoms with Crippen molar-refractivity contribution in [3.63, 3.8) is 0 Å². The molecule has 2 aromatic rings. The van der Waals surface area contributed by atoms with Crippen molar-refractivity contribution in [2.75, 3.05) is 11.1 Å². The lowest BCUT2D eigenvalue weighted by atomic mass is 10.1. The lowest BCUT2D eigenvalue weighted by Gasteiger charge is -2.14. The Labute approximate surface area is 137 Å². The Morgan fingerprint density at radius 3 is 2.83 bits per heavy atom. The molecule has 0 bridgehead atoms. The van der Waals surface area contributed by atoms with Crippen molar-refractivity contribution in [2.24, 2.45) is 0 Å². The van der Waals surface area contributed by atoms with E-state index in [1.165, 1.54) is 18.3 Å². The molecule has 23 heavy (non-hydrogen) atoms. The second kappa shape index (κ2) is 6.94.